The summed E-state index contributed by atoms with van der Waals surface area (Å²) in [6.07, 6.45) is 0. The number of nitrogen functional groups attached to an aromatic ring is 1. The summed E-state index contributed by atoms with van der Waals surface area (Å²) in [5.41, 5.74) is 9.56. The summed E-state index contributed by atoms with van der Waals surface area (Å²) in [4.78, 5) is 12.2. The van der Waals surface area contributed by atoms with Gasteiger partial charge in [0.1, 0.15) is 17.2 Å². The second kappa shape index (κ2) is 8.35. The number of hydrogen-bond acceptors (Lipinski definition) is 4. The maximum Gasteiger partial charge on any atom is 0.319 e. The third-order valence-corrected chi connectivity index (χ3v) is 4.21. The summed E-state index contributed by atoms with van der Waals surface area (Å²) in [5, 5.41) is 15.5. The third-order valence-electron chi connectivity index (χ3n) is 4.21. The molecule has 0 heterocycles. The Balaban J connectivity index is 1.70. The van der Waals surface area contributed by atoms with Crippen LogP contribution < -0.4 is 21.1 Å². The van der Waals surface area contributed by atoms with E-state index in [1.807, 2.05) is 56.3 Å². The number of rotatable bonds is 5. The minimum atomic E-state index is -0.420. The lowest BCUT2D eigenvalue weighted by molar-refractivity contribution is 0.251. The van der Waals surface area contributed by atoms with Gasteiger partial charge in [-0.15, -0.1) is 0 Å². The third kappa shape index (κ3) is 4.73. The molecule has 0 radical (unpaired) electrons. The molecular formula is C22H23N3O3. The highest BCUT2D eigenvalue weighted by Crippen LogP contribution is 2.34. The molecule has 6 nitrogen and oxygen atoms in total. The predicted molar refractivity (Wildman–Crippen MR) is 111 cm³/mol. The van der Waals surface area contributed by atoms with Crippen LogP contribution in [0.25, 0.3) is 0 Å². The fourth-order valence-corrected chi connectivity index (χ4v) is 2.89. The van der Waals surface area contributed by atoms with Crippen LogP contribution in [0.15, 0.2) is 60.7 Å². The van der Waals surface area contributed by atoms with Crippen LogP contribution in [0.5, 0.6) is 17.2 Å². The van der Waals surface area contributed by atoms with Crippen LogP contribution in [0.4, 0.5) is 16.2 Å². The smallest absolute Gasteiger partial charge is 0.319 e. The van der Waals surface area contributed by atoms with E-state index in [9.17, 15) is 9.90 Å². The molecule has 3 aromatic rings. The van der Waals surface area contributed by atoms with Crippen LogP contribution >= 0.6 is 0 Å². The number of phenolic OH excluding ortho intramolecular Hbond substituents is 1. The number of benzene rings is 3. The van der Waals surface area contributed by atoms with Crippen molar-refractivity contribution in [3.05, 3.63) is 77.4 Å². The SMILES string of the molecule is Cc1cc(N)cc(C)c1Oc1ccc(O)c(NC(=O)NCc2ccccc2)c1. The van der Waals surface area contributed by atoms with Gasteiger partial charge in [0.05, 0.1) is 5.69 Å². The number of carbonyl (C=O) groups is 1. The Kier molecular flexibility index (Phi) is 5.69. The van der Waals surface area contributed by atoms with Crippen molar-refractivity contribution in [3.8, 4) is 17.2 Å². The zero-order valence-electron chi connectivity index (χ0n) is 15.8. The van der Waals surface area contributed by atoms with Gasteiger partial charge in [-0.25, -0.2) is 4.79 Å². The van der Waals surface area contributed by atoms with E-state index in [0.717, 1.165) is 16.7 Å². The standard InChI is InChI=1S/C22H23N3O3/c1-14-10-17(23)11-15(2)21(14)28-18-8-9-20(26)19(12-18)25-22(27)24-13-16-6-4-3-5-7-16/h3-12,26H,13,23H2,1-2H3,(H2,24,25,27). The minimum Gasteiger partial charge on any atom is -0.506 e. The number of aromatic hydroxyl groups is 1. The molecule has 0 spiro atoms. The van der Waals surface area contributed by atoms with Crippen LogP contribution in [0.2, 0.25) is 0 Å². The number of urea groups is 1. The Labute approximate surface area is 164 Å². The molecule has 0 unspecified atom stereocenters. The lowest BCUT2D eigenvalue weighted by Crippen LogP contribution is -2.28. The zero-order valence-corrected chi connectivity index (χ0v) is 15.8. The Hall–Kier alpha value is -3.67. The van der Waals surface area contributed by atoms with E-state index in [1.54, 1.807) is 12.1 Å². The first-order valence-corrected chi connectivity index (χ1v) is 8.89. The van der Waals surface area contributed by atoms with E-state index in [1.165, 1.54) is 6.07 Å². The van der Waals surface area contributed by atoms with Crippen molar-refractivity contribution in [2.75, 3.05) is 11.1 Å². The van der Waals surface area contributed by atoms with Gasteiger partial charge in [0.2, 0.25) is 0 Å². The highest BCUT2D eigenvalue weighted by Gasteiger charge is 2.11. The molecule has 0 atom stereocenters. The topological polar surface area (TPSA) is 96.6 Å². The largest absolute Gasteiger partial charge is 0.506 e. The molecule has 5 N–H and O–H groups in total. The maximum atomic E-state index is 12.2. The molecule has 0 aliphatic heterocycles. The van der Waals surface area contributed by atoms with Gasteiger partial charge >= 0.3 is 6.03 Å². The van der Waals surface area contributed by atoms with E-state index in [-0.39, 0.29) is 11.4 Å². The second-order valence-electron chi connectivity index (χ2n) is 6.56. The Bertz CT molecular complexity index is 965. The molecule has 3 rings (SSSR count). The van der Waals surface area contributed by atoms with E-state index < -0.39 is 6.03 Å². The number of nitrogens with one attached hydrogen (secondary N) is 2. The van der Waals surface area contributed by atoms with Crippen LogP contribution in [0.1, 0.15) is 16.7 Å². The Morgan fingerprint density at radius 2 is 1.71 bits per heavy atom. The zero-order chi connectivity index (χ0) is 20.1. The Morgan fingerprint density at radius 1 is 1.04 bits per heavy atom. The molecule has 28 heavy (non-hydrogen) atoms. The first-order chi connectivity index (χ1) is 13.4. The van der Waals surface area contributed by atoms with E-state index in [4.69, 9.17) is 10.5 Å². The number of hydrogen-bond donors (Lipinski definition) is 4. The molecule has 0 aromatic heterocycles. The van der Waals surface area contributed by atoms with Gasteiger partial charge < -0.3 is 26.2 Å². The monoisotopic (exact) mass is 377 g/mol. The van der Waals surface area contributed by atoms with Gasteiger partial charge in [-0.2, -0.15) is 0 Å². The molecule has 0 saturated heterocycles. The number of anilines is 2. The maximum absolute atomic E-state index is 12.2. The minimum absolute atomic E-state index is 0.0482. The normalized spacial score (nSPS) is 10.4. The number of ether oxygens (including phenoxy) is 1. The average molecular weight is 377 g/mol. The highest BCUT2D eigenvalue weighted by atomic mass is 16.5. The first kappa shape index (κ1) is 19.1. The van der Waals surface area contributed by atoms with Crippen LogP contribution in [0, 0.1) is 13.8 Å². The number of aryl methyl sites for hydroxylation is 2. The molecule has 0 bridgehead atoms. The molecule has 3 aromatic carbocycles. The molecule has 0 aliphatic carbocycles. The van der Waals surface area contributed by atoms with Crippen molar-refractivity contribution in [2.45, 2.75) is 20.4 Å². The van der Waals surface area contributed by atoms with Crippen LogP contribution in [0.3, 0.4) is 0 Å². The van der Waals surface area contributed by atoms with E-state index in [0.29, 0.717) is 23.7 Å². The second-order valence-corrected chi connectivity index (χ2v) is 6.56. The van der Waals surface area contributed by atoms with E-state index in [2.05, 4.69) is 10.6 Å². The van der Waals surface area contributed by atoms with Gasteiger partial charge in [0.15, 0.2) is 0 Å². The van der Waals surface area contributed by atoms with Crippen molar-refractivity contribution >= 4 is 17.4 Å². The quantitative estimate of drug-likeness (QED) is 0.382. The Morgan fingerprint density at radius 3 is 2.39 bits per heavy atom. The first-order valence-electron chi connectivity index (χ1n) is 8.89. The predicted octanol–water partition coefficient (Wildman–Crippen LogP) is 4.71. The fraction of sp³-hybridized carbons (Fsp3) is 0.136. The van der Waals surface area contributed by atoms with Crippen molar-refractivity contribution in [2.24, 2.45) is 0 Å². The van der Waals surface area contributed by atoms with Crippen molar-refractivity contribution < 1.29 is 14.6 Å². The van der Waals surface area contributed by atoms with Gasteiger partial charge in [0.25, 0.3) is 0 Å². The summed E-state index contributed by atoms with van der Waals surface area (Å²) in [5.74, 6) is 1.14. The summed E-state index contributed by atoms with van der Waals surface area (Å²) in [7, 11) is 0. The lowest BCUT2D eigenvalue weighted by Gasteiger charge is -2.15. The lowest BCUT2D eigenvalue weighted by atomic mass is 10.1. The highest BCUT2D eigenvalue weighted by molar-refractivity contribution is 5.91. The molecule has 0 aliphatic rings. The van der Waals surface area contributed by atoms with Crippen molar-refractivity contribution in [1.29, 1.82) is 0 Å². The van der Waals surface area contributed by atoms with E-state index >= 15 is 0 Å². The molecule has 0 saturated carbocycles. The average Bonchev–Trinajstić information content (AvgIpc) is 2.66. The van der Waals surface area contributed by atoms with Crippen LogP contribution in [-0.2, 0) is 6.54 Å². The molecule has 2 amide bonds. The van der Waals surface area contributed by atoms with Crippen LogP contribution in [-0.4, -0.2) is 11.1 Å². The number of carbonyl (C=O) groups excluding carboxylic acids is 1. The number of nitrogens with two attached hydrogens (primary N) is 1. The molecular weight excluding hydrogens is 354 g/mol. The van der Waals surface area contributed by atoms with Gasteiger partial charge in [-0.3, -0.25) is 0 Å². The summed E-state index contributed by atoms with van der Waals surface area (Å²) in [6.45, 7) is 4.21. The summed E-state index contributed by atoms with van der Waals surface area (Å²) < 4.78 is 5.96. The van der Waals surface area contributed by atoms with Gasteiger partial charge in [-0.1, -0.05) is 30.3 Å². The van der Waals surface area contributed by atoms with Gasteiger partial charge in [0, 0.05) is 18.3 Å². The number of phenols is 1. The molecule has 144 valence electrons. The molecule has 0 fully saturated rings. The summed E-state index contributed by atoms with van der Waals surface area (Å²) >= 11 is 0. The van der Waals surface area contributed by atoms with Gasteiger partial charge in [-0.05, 0) is 54.8 Å². The number of amides is 2. The van der Waals surface area contributed by atoms with Crippen molar-refractivity contribution in [1.82, 2.24) is 5.32 Å². The molecule has 6 heteroatoms. The van der Waals surface area contributed by atoms with Crippen molar-refractivity contribution in [3.63, 3.8) is 0 Å². The fourth-order valence-electron chi connectivity index (χ4n) is 2.89. The summed E-state index contributed by atoms with van der Waals surface area (Å²) in [6, 6.07) is 17.5.